The zero-order chi connectivity index (χ0) is 7.98. The van der Waals surface area contributed by atoms with Gasteiger partial charge in [-0.25, -0.2) is 0 Å². The number of ketones is 1. The molecule has 58 valence electrons. The molecule has 0 saturated carbocycles. The number of carbonyl (C=O) groups is 1. The van der Waals surface area contributed by atoms with Gasteiger partial charge in [0.05, 0.1) is 6.10 Å². The second kappa shape index (κ2) is 5.18. The van der Waals surface area contributed by atoms with Gasteiger partial charge in [-0.1, -0.05) is 19.1 Å². The van der Waals surface area contributed by atoms with E-state index >= 15 is 0 Å². The Labute approximate surface area is 61.6 Å². The van der Waals surface area contributed by atoms with E-state index in [9.17, 15) is 4.79 Å². The van der Waals surface area contributed by atoms with E-state index in [2.05, 4.69) is 0 Å². The topological polar surface area (TPSA) is 37.3 Å². The van der Waals surface area contributed by atoms with Crippen LogP contribution in [0.2, 0.25) is 0 Å². The lowest BCUT2D eigenvalue weighted by Gasteiger charge is -1.99. The van der Waals surface area contributed by atoms with E-state index in [4.69, 9.17) is 5.11 Å². The lowest BCUT2D eigenvalue weighted by atomic mass is 10.2. The van der Waals surface area contributed by atoms with E-state index in [1.54, 1.807) is 6.08 Å². The molecular formula is C8H14O2. The first-order valence-corrected chi connectivity index (χ1v) is 3.51. The van der Waals surface area contributed by atoms with Crippen LogP contribution in [-0.2, 0) is 4.79 Å². The SMILES string of the molecule is CCC=CC(O)CC(C)=O. The van der Waals surface area contributed by atoms with Gasteiger partial charge in [-0.2, -0.15) is 0 Å². The van der Waals surface area contributed by atoms with Crippen LogP contribution < -0.4 is 0 Å². The molecule has 0 fully saturated rings. The second-order valence-corrected chi connectivity index (χ2v) is 2.31. The number of allylic oxidation sites excluding steroid dienone is 1. The van der Waals surface area contributed by atoms with Crippen molar-refractivity contribution in [2.24, 2.45) is 0 Å². The van der Waals surface area contributed by atoms with Crippen molar-refractivity contribution >= 4 is 5.78 Å². The van der Waals surface area contributed by atoms with Gasteiger partial charge in [-0.15, -0.1) is 0 Å². The Morgan fingerprint density at radius 3 is 2.70 bits per heavy atom. The van der Waals surface area contributed by atoms with Gasteiger partial charge in [0, 0.05) is 6.42 Å². The molecule has 0 aliphatic rings. The molecule has 2 heteroatoms. The minimum absolute atomic E-state index is 0.0215. The number of hydrogen-bond donors (Lipinski definition) is 1. The molecule has 0 saturated heterocycles. The summed E-state index contributed by atoms with van der Waals surface area (Å²) in [6.45, 7) is 3.46. The lowest BCUT2D eigenvalue weighted by molar-refractivity contribution is -0.118. The molecule has 10 heavy (non-hydrogen) atoms. The van der Waals surface area contributed by atoms with Crippen molar-refractivity contribution in [3.8, 4) is 0 Å². The van der Waals surface area contributed by atoms with Crippen molar-refractivity contribution in [1.29, 1.82) is 0 Å². The van der Waals surface area contributed by atoms with E-state index in [-0.39, 0.29) is 12.2 Å². The van der Waals surface area contributed by atoms with Crippen molar-refractivity contribution in [1.82, 2.24) is 0 Å². The third-order valence-corrected chi connectivity index (χ3v) is 1.09. The van der Waals surface area contributed by atoms with Gasteiger partial charge in [0.15, 0.2) is 0 Å². The summed E-state index contributed by atoms with van der Waals surface area (Å²) in [6.07, 6.45) is 4.05. The zero-order valence-electron chi connectivity index (χ0n) is 6.50. The molecule has 0 heterocycles. The maximum Gasteiger partial charge on any atom is 0.132 e. The molecule has 0 aromatic heterocycles. The van der Waals surface area contributed by atoms with Gasteiger partial charge in [0.25, 0.3) is 0 Å². The van der Waals surface area contributed by atoms with E-state index in [0.717, 1.165) is 6.42 Å². The fraction of sp³-hybridized carbons (Fsp3) is 0.625. The molecule has 0 rings (SSSR count). The van der Waals surface area contributed by atoms with Crippen molar-refractivity contribution in [2.45, 2.75) is 32.8 Å². The summed E-state index contributed by atoms with van der Waals surface area (Å²) in [5.74, 6) is 0.0215. The van der Waals surface area contributed by atoms with Crippen LogP contribution in [-0.4, -0.2) is 17.0 Å². The van der Waals surface area contributed by atoms with Crippen LogP contribution in [0.5, 0.6) is 0 Å². The minimum Gasteiger partial charge on any atom is -0.389 e. The van der Waals surface area contributed by atoms with Gasteiger partial charge in [-0.3, -0.25) is 4.79 Å². The molecule has 0 amide bonds. The molecule has 0 spiro atoms. The minimum atomic E-state index is -0.586. The molecule has 0 radical (unpaired) electrons. The summed E-state index contributed by atoms with van der Waals surface area (Å²) in [6, 6.07) is 0. The molecule has 2 nitrogen and oxygen atoms in total. The van der Waals surface area contributed by atoms with Crippen LogP contribution in [0.25, 0.3) is 0 Å². The highest BCUT2D eigenvalue weighted by Gasteiger charge is 2.00. The van der Waals surface area contributed by atoms with Gasteiger partial charge in [0.1, 0.15) is 5.78 Å². The van der Waals surface area contributed by atoms with E-state index in [1.807, 2.05) is 13.0 Å². The number of hydrogen-bond acceptors (Lipinski definition) is 2. The van der Waals surface area contributed by atoms with Gasteiger partial charge in [0.2, 0.25) is 0 Å². The first-order valence-electron chi connectivity index (χ1n) is 3.51. The van der Waals surface area contributed by atoms with E-state index in [0.29, 0.717) is 0 Å². The Bertz CT molecular complexity index is 127. The zero-order valence-corrected chi connectivity index (χ0v) is 6.50. The Morgan fingerprint density at radius 2 is 2.30 bits per heavy atom. The highest BCUT2D eigenvalue weighted by Crippen LogP contribution is 1.95. The Hall–Kier alpha value is -0.630. The average molecular weight is 142 g/mol. The number of carbonyl (C=O) groups excluding carboxylic acids is 1. The van der Waals surface area contributed by atoms with Gasteiger partial charge >= 0.3 is 0 Å². The summed E-state index contributed by atoms with van der Waals surface area (Å²) in [7, 11) is 0. The van der Waals surface area contributed by atoms with Crippen LogP contribution in [0, 0.1) is 0 Å². The van der Waals surface area contributed by atoms with Crippen LogP contribution >= 0.6 is 0 Å². The highest BCUT2D eigenvalue weighted by molar-refractivity contribution is 5.76. The highest BCUT2D eigenvalue weighted by atomic mass is 16.3. The van der Waals surface area contributed by atoms with Crippen molar-refractivity contribution in [2.75, 3.05) is 0 Å². The summed E-state index contributed by atoms with van der Waals surface area (Å²) < 4.78 is 0. The second-order valence-electron chi connectivity index (χ2n) is 2.31. The third-order valence-electron chi connectivity index (χ3n) is 1.09. The summed E-state index contributed by atoms with van der Waals surface area (Å²) in [5.41, 5.74) is 0. The quantitative estimate of drug-likeness (QED) is 0.600. The smallest absolute Gasteiger partial charge is 0.132 e. The predicted molar refractivity (Wildman–Crippen MR) is 40.7 cm³/mol. The van der Waals surface area contributed by atoms with Crippen LogP contribution in [0.4, 0.5) is 0 Å². The molecular weight excluding hydrogens is 128 g/mol. The fourth-order valence-electron chi connectivity index (χ4n) is 0.656. The Kier molecular flexibility index (Phi) is 4.85. The Morgan fingerprint density at radius 1 is 1.70 bits per heavy atom. The maximum absolute atomic E-state index is 10.4. The lowest BCUT2D eigenvalue weighted by Crippen LogP contribution is -2.07. The van der Waals surface area contributed by atoms with Gasteiger partial charge < -0.3 is 5.11 Å². The molecule has 1 N–H and O–H groups in total. The fourth-order valence-corrected chi connectivity index (χ4v) is 0.656. The first kappa shape index (κ1) is 9.37. The summed E-state index contributed by atoms with van der Waals surface area (Å²) in [4.78, 5) is 10.4. The van der Waals surface area contributed by atoms with E-state index in [1.165, 1.54) is 6.92 Å². The normalized spacial score (nSPS) is 13.9. The van der Waals surface area contributed by atoms with Gasteiger partial charge in [-0.05, 0) is 13.3 Å². The monoisotopic (exact) mass is 142 g/mol. The number of aliphatic hydroxyl groups excluding tert-OH is 1. The molecule has 0 bridgehead atoms. The largest absolute Gasteiger partial charge is 0.389 e. The molecule has 1 atom stereocenters. The van der Waals surface area contributed by atoms with Crippen LogP contribution in [0.3, 0.4) is 0 Å². The number of Topliss-reactive ketones (excluding diaryl/α,β-unsaturated/α-hetero) is 1. The van der Waals surface area contributed by atoms with Crippen molar-refractivity contribution in [3.05, 3.63) is 12.2 Å². The average Bonchev–Trinajstić information content (AvgIpc) is 1.82. The number of aliphatic hydroxyl groups is 1. The molecule has 0 aromatic rings. The molecule has 0 aromatic carbocycles. The molecule has 0 aliphatic heterocycles. The van der Waals surface area contributed by atoms with Crippen molar-refractivity contribution < 1.29 is 9.90 Å². The van der Waals surface area contributed by atoms with Crippen LogP contribution in [0.15, 0.2) is 12.2 Å². The predicted octanol–water partition coefficient (Wildman–Crippen LogP) is 1.29. The summed E-state index contributed by atoms with van der Waals surface area (Å²) in [5, 5.41) is 9.04. The summed E-state index contributed by atoms with van der Waals surface area (Å²) >= 11 is 0. The third kappa shape index (κ3) is 5.51. The molecule has 1 unspecified atom stereocenters. The van der Waals surface area contributed by atoms with Crippen molar-refractivity contribution in [3.63, 3.8) is 0 Å². The maximum atomic E-state index is 10.4. The Balaban J connectivity index is 3.52. The first-order chi connectivity index (χ1) is 4.66. The number of rotatable bonds is 4. The van der Waals surface area contributed by atoms with E-state index < -0.39 is 6.10 Å². The molecule has 0 aliphatic carbocycles. The standard InChI is InChI=1S/C8H14O2/c1-3-4-5-8(10)6-7(2)9/h4-5,8,10H,3,6H2,1-2H3. The van der Waals surface area contributed by atoms with Crippen LogP contribution in [0.1, 0.15) is 26.7 Å².